The van der Waals surface area contributed by atoms with Crippen molar-refractivity contribution in [2.45, 2.75) is 30.0 Å². The van der Waals surface area contributed by atoms with Gasteiger partial charge in [-0.05, 0) is 43.7 Å². The number of rotatable bonds is 6. The number of nitrogens with one attached hydrogen (secondary N) is 1. The fourth-order valence-corrected chi connectivity index (χ4v) is 6.98. The molecule has 0 bridgehead atoms. The Morgan fingerprint density at radius 3 is 2.60 bits per heavy atom. The Hall–Kier alpha value is -3.37. The molecule has 3 heterocycles. The van der Waals surface area contributed by atoms with E-state index in [0.717, 1.165) is 27.3 Å². The monoisotopic (exact) mass is 510 g/mol. The number of H-pyrrole nitrogens is 1. The van der Waals surface area contributed by atoms with E-state index in [4.69, 9.17) is 9.47 Å². The van der Waals surface area contributed by atoms with Crippen LogP contribution < -0.4 is 14.5 Å². The van der Waals surface area contributed by atoms with E-state index in [-0.39, 0.29) is 29.9 Å². The first-order valence-electron chi connectivity index (χ1n) is 11.1. The van der Waals surface area contributed by atoms with Gasteiger partial charge in [0.15, 0.2) is 6.61 Å². The third-order valence-electron chi connectivity index (χ3n) is 6.00. The van der Waals surface area contributed by atoms with Gasteiger partial charge in [-0.2, -0.15) is 0 Å². The first kappa shape index (κ1) is 23.4. The molecule has 35 heavy (non-hydrogen) atoms. The first-order valence-corrected chi connectivity index (χ1v) is 12.8. The molecule has 10 heteroatoms. The van der Waals surface area contributed by atoms with Crippen LogP contribution in [0.25, 0.3) is 0 Å². The van der Waals surface area contributed by atoms with Gasteiger partial charge in [0.25, 0.3) is 0 Å². The zero-order chi connectivity index (χ0) is 24.7. The quantitative estimate of drug-likeness (QED) is 0.400. The topological polar surface area (TPSA) is 106 Å². The van der Waals surface area contributed by atoms with E-state index in [0.29, 0.717) is 16.5 Å². The number of anilines is 1. The number of aromatic nitrogens is 1. The molecule has 1 fully saturated rings. The highest BCUT2D eigenvalue weighted by molar-refractivity contribution is 8.00. The maximum Gasteiger partial charge on any atom is 0.344 e. The maximum atomic E-state index is 13.7. The summed E-state index contributed by atoms with van der Waals surface area (Å²) < 4.78 is 10.5. The molecule has 0 saturated carbocycles. The minimum atomic E-state index is -0.687. The molecule has 5 rings (SSSR count). The van der Waals surface area contributed by atoms with Gasteiger partial charge < -0.3 is 14.5 Å². The number of benzene rings is 2. The van der Waals surface area contributed by atoms with Gasteiger partial charge in [0, 0.05) is 10.8 Å². The Kier molecular flexibility index (Phi) is 6.24. The fraction of sp³-hybridized carbons (Fsp3) is 0.280. The lowest BCUT2D eigenvalue weighted by Crippen LogP contribution is -2.32. The van der Waals surface area contributed by atoms with Crippen molar-refractivity contribution < 1.29 is 23.9 Å². The lowest BCUT2D eigenvalue weighted by Gasteiger charge is -2.30. The number of fused-ring (bicyclic) bond motifs is 2. The third-order valence-corrected chi connectivity index (χ3v) is 8.40. The zero-order valence-electron chi connectivity index (χ0n) is 19.0. The number of ether oxygens (including phenoxy) is 2. The molecule has 2 aliphatic rings. The number of nitrogens with zero attached hydrogens (tertiary/aromatic N) is 1. The van der Waals surface area contributed by atoms with Crippen LogP contribution in [0.2, 0.25) is 0 Å². The molecule has 0 radical (unpaired) electrons. The first-order chi connectivity index (χ1) is 16.9. The van der Waals surface area contributed by atoms with Crippen LogP contribution in [0.1, 0.15) is 28.8 Å². The number of aryl methyl sites for hydroxylation is 1. The molecule has 2 aromatic carbocycles. The van der Waals surface area contributed by atoms with Crippen molar-refractivity contribution in [1.82, 2.24) is 4.98 Å². The molecule has 1 saturated heterocycles. The third kappa shape index (κ3) is 4.28. The average Bonchev–Trinajstić information content (AvgIpc) is 3.33. The molecule has 2 aliphatic heterocycles. The van der Waals surface area contributed by atoms with Crippen LogP contribution in [0.3, 0.4) is 0 Å². The second kappa shape index (κ2) is 9.35. The number of carbonyl (C=O) groups excluding carboxylic acids is 3. The summed E-state index contributed by atoms with van der Waals surface area (Å²) in [7, 11) is 0. The molecule has 8 nitrogen and oxygen atoms in total. The van der Waals surface area contributed by atoms with Crippen LogP contribution in [0, 0.1) is 12.8 Å². The number of thiazole rings is 1. The zero-order valence-corrected chi connectivity index (χ0v) is 20.6. The van der Waals surface area contributed by atoms with Crippen LogP contribution >= 0.6 is 23.1 Å². The van der Waals surface area contributed by atoms with Gasteiger partial charge in [-0.25, -0.2) is 9.69 Å². The number of carbonyl (C=O) groups is 3. The van der Waals surface area contributed by atoms with Crippen molar-refractivity contribution in [3.8, 4) is 5.75 Å². The largest absolute Gasteiger partial charge is 0.482 e. The Morgan fingerprint density at radius 1 is 1.09 bits per heavy atom. The Labute approximate surface area is 209 Å². The van der Waals surface area contributed by atoms with Crippen molar-refractivity contribution in [2.75, 3.05) is 18.1 Å². The molecule has 1 aromatic heterocycles. The lowest BCUT2D eigenvalue weighted by atomic mass is 9.83. The van der Waals surface area contributed by atoms with Gasteiger partial charge in [0.05, 0.1) is 23.2 Å². The SMILES string of the molecule is CCOC(=O)COc1cccc([C@H]2c3sc(=O)[nH]c3SC3C(=O)N(c4ccc(C)cc4)C(=O)C32)c1. The summed E-state index contributed by atoms with van der Waals surface area (Å²) in [6, 6.07) is 14.3. The van der Waals surface area contributed by atoms with E-state index in [2.05, 4.69) is 4.98 Å². The number of hydrogen-bond acceptors (Lipinski definition) is 8. The van der Waals surface area contributed by atoms with E-state index in [9.17, 15) is 19.2 Å². The normalized spacial score (nSPS) is 21.0. The minimum absolute atomic E-state index is 0.238. The number of thioether (sulfide) groups is 1. The summed E-state index contributed by atoms with van der Waals surface area (Å²) in [5.41, 5.74) is 2.28. The van der Waals surface area contributed by atoms with Crippen molar-refractivity contribution in [3.63, 3.8) is 0 Å². The van der Waals surface area contributed by atoms with Crippen molar-refractivity contribution in [1.29, 1.82) is 0 Å². The molecule has 3 atom stereocenters. The molecule has 0 aliphatic carbocycles. The van der Waals surface area contributed by atoms with Crippen LogP contribution in [-0.4, -0.2) is 41.2 Å². The van der Waals surface area contributed by atoms with Crippen LogP contribution in [0.15, 0.2) is 58.4 Å². The smallest absolute Gasteiger partial charge is 0.344 e. The van der Waals surface area contributed by atoms with Gasteiger partial charge in [-0.1, -0.05) is 52.9 Å². The summed E-state index contributed by atoms with van der Waals surface area (Å²) in [6.07, 6.45) is 0. The molecule has 3 aromatic rings. The van der Waals surface area contributed by atoms with Gasteiger partial charge in [0.1, 0.15) is 11.0 Å². The second-order valence-electron chi connectivity index (χ2n) is 8.26. The van der Waals surface area contributed by atoms with Crippen molar-refractivity contribution in [2.24, 2.45) is 5.92 Å². The van der Waals surface area contributed by atoms with Crippen LogP contribution in [-0.2, 0) is 19.1 Å². The maximum absolute atomic E-state index is 13.7. The van der Waals surface area contributed by atoms with E-state index in [1.54, 1.807) is 37.3 Å². The Morgan fingerprint density at radius 2 is 1.86 bits per heavy atom. The van der Waals surface area contributed by atoms with E-state index in [1.165, 1.54) is 16.7 Å². The molecule has 1 N–H and O–H groups in total. The van der Waals surface area contributed by atoms with Crippen LogP contribution in [0.5, 0.6) is 5.75 Å². The van der Waals surface area contributed by atoms with E-state index in [1.807, 2.05) is 25.1 Å². The van der Waals surface area contributed by atoms with Crippen molar-refractivity contribution in [3.05, 3.63) is 74.2 Å². The highest BCUT2D eigenvalue weighted by Crippen LogP contribution is 2.53. The van der Waals surface area contributed by atoms with Gasteiger partial charge in [-0.15, -0.1) is 0 Å². The standard InChI is InChI=1S/C25H22N2O6S2/c1-3-32-17(28)12-33-16-6-4-5-14(11-16)18-19-21(34-22-20(18)35-25(31)26-22)24(30)27(23(19)29)15-9-7-13(2)8-10-15/h4-11,18-19,21H,3,12H2,1-2H3,(H,26,31)/t18-,19?,21?/m1/s1. The predicted molar refractivity (Wildman–Crippen MR) is 132 cm³/mol. The van der Waals surface area contributed by atoms with Gasteiger partial charge in [0.2, 0.25) is 11.8 Å². The number of imide groups is 1. The number of esters is 1. The molecule has 180 valence electrons. The number of amides is 2. The van der Waals surface area contributed by atoms with Gasteiger partial charge >= 0.3 is 10.8 Å². The molecule has 2 amide bonds. The fourth-order valence-electron chi connectivity index (χ4n) is 4.47. The Bertz CT molecular complexity index is 1360. The number of aromatic amines is 1. The summed E-state index contributed by atoms with van der Waals surface area (Å²) >= 11 is 2.28. The van der Waals surface area contributed by atoms with E-state index >= 15 is 0 Å². The molecule has 2 unspecified atom stereocenters. The molecular weight excluding hydrogens is 488 g/mol. The van der Waals surface area contributed by atoms with E-state index < -0.39 is 23.1 Å². The summed E-state index contributed by atoms with van der Waals surface area (Å²) in [4.78, 5) is 55.7. The summed E-state index contributed by atoms with van der Waals surface area (Å²) in [6.45, 7) is 3.67. The number of hydrogen-bond donors (Lipinski definition) is 1. The average molecular weight is 511 g/mol. The molecular formula is C25H22N2O6S2. The minimum Gasteiger partial charge on any atom is -0.482 e. The Balaban J connectivity index is 1.53. The van der Waals surface area contributed by atoms with Crippen molar-refractivity contribution >= 4 is 46.6 Å². The summed E-state index contributed by atoms with van der Waals surface area (Å²) in [5.74, 6) is -1.85. The highest BCUT2D eigenvalue weighted by atomic mass is 32.2. The second-order valence-corrected chi connectivity index (χ2v) is 10.4. The highest BCUT2D eigenvalue weighted by Gasteiger charge is 2.56. The van der Waals surface area contributed by atoms with Gasteiger partial charge in [-0.3, -0.25) is 14.4 Å². The predicted octanol–water partition coefficient (Wildman–Crippen LogP) is 3.48. The lowest BCUT2D eigenvalue weighted by molar-refractivity contribution is -0.145. The summed E-state index contributed by atoms with van der Waals surface area (Å²) in [5, 5.41) is -0.0633. The van der Waals surface area contributed by atoms with Crippen LogP contribution in [0.4, 0.5) is 5.69 Å². The molecule has 0 spiro atoms.